The van der Waals surface area contributed by atoms with Gasteiger partial charge in [0.25, 0.3) is 0 Å². The van der Waals surface area contributed by atoms with Crippen LogP contribution in [0.4, 0.5) is 4.79 Å². The molecule has 1 N–H and O–H groups in total. The molecule has 2 saturated heterocycles. The van der Waals surface area contributed by atoms with Crippen molar-refractivity contribution in [2.75, 3.05) is 26.7 Å². The van der Waals surface area contributed by atoms with Crippen molar-refractivity contribution in [2.45, 2.75) is 31.8 Å². The van der Waals surface area contributed by atoms with Gasteiger partial charge in [-0.05, 0) is 26.3 Å². The minimum atomic E-state index is 0.200. The third-order valence-electron chi connectivity index (χ3n) is 3.38. The molecule has 0 aromatic carbocycles. The normalized spacial score (nSPS) is 34.0. The van der Waals surface area contributed by atoms with Gasteiger partial charge in [-0.3, -0.25) is 0 Å². The Hall–Kier alpha value is -0.770. The average Bonchev–Trinajstić information content (AvgIpc) is 2.47. The van der Waals surface area contributed by atoms with Crippen LogP contribution < -0.4 is 5.32 Å². The van der Waals surface area contributed by atoms with Crippen LogP contribution in [-0.4, -0.2) is 54.6 Å². The number of nitrogens with one attached hydrogen (secondary N) is 1. The van der Waals surface area contributed by atoms with Gasteiger partial charge in [0.2, 0.25) is 0 Å². The van der Waals surface area contributed by atoms with E-state index in [2.05, 4.69) is 12.2 Å². The number of carbonyl (C=O) groups excluding carboxylic acids is 1. The van der Waals surface area contributed by atoms with Gasteiger partial charge in [0.05, 0.1) is 0 Å². The van der Waals surface area contributed by atoms with Gasteiger partial charge < -0.3 is 15.1 Å². The Morgan fingerprint density at radius 2 is 2.29 bits per heavy atom. The smallest absolute Gasteiger partial charge is 0.320 e. The molecule has 2 unspecified atom stereocenters. The molecule has 0 aromatic heterocycles. The lowest BCUT2D eigenvalue weighted by molar-refractivity contribution is 0.171. The zero-order valence-electron chi connectivity index (χ0n) is 8.99. The van der Waals surface area contributed by atoms with Crippen LogP contribution in [0.5, 0.6) is 0 Å². The van der Waals surface area contributed by atoms with Crippen LogP contribution in [-0.2, 0) is 0 Å². The number of rotatable bonds is 1. The molecule has 2 fully saturated rings. The number of hydrogen-bond donors (Lipinski definition) is 1. The molecule has 14 heavy (non-hydrogen) atoms. The van der Waals surface area contributed by atoms with Gasteiger partial charge in [-0.15, -0.1) is 0 Å². The molecular weight excluding hydrogens is 178 g/mol. The monoisotopic (exact) mass is 197 g/mol. The molecule has 2 atom stereocenters. The van der Waals surface area contributed by atoms with Gasteiger partial charge in [-0.2, -0.15) is 0 Å². The first-order valence-corrected chi connectivity index (χ1v) is 5.44. The molecule has 0 bridgehead atoms. The van der Waals surface area contributed by atoms with E-state index in [1.54, 1.807) is 0 Å². The van der Waals surface area contributed by atoms with Crippen molar-refractivity contribution in [2.24, 2.45) is 0 Å². The second-order valence-corrected chi connectivity index (χ2v) is 4.40. The first kappa shape index (κ1) is 9.77. The van der Waals surface area contributed by atoms with Gasteiger partial charge in [-0.1, -0.05) is 0 Å². The Bertz CT molecular complexity index is 225. The molecule has 0 radical (unpaired) electrons. The summed E-state index contributed by atoms with van der Waals surface area (Å²) in [5.41, 5.74) is 0. The molecule has 4 nitrogen and oxygen atoms in total. The Morgan fingerprint density at radius 3 is 2.79 bits per heavy atom. The lowest BCUT2D eigenvalue weighted by atomic mass is 10.1. The number of nitrogens with zero attached hydrogens (tertiary/aromatic N) is 2. The largest absolute Gasteiger partial charge is 0.323 e. The summed E-state index contributed by atoms with van der Waals surface area (Å²) < 4.78 is 0. The molecular formula is C10H19N3O. The second kappa shape index (κ2) is 3.77. The van der Waals surface area contributed by atoms with E-state index in [4.69, 9.17) is 0 Å². The lowest BCUT2D eigenvalue weighted by Crippen LogP contribution is -2.47. The summed E-state index contributed by atoms with van der Waals surface area (Å²) in [6.07, 6.45) is 2.34. The van der Waals surface area contributed by atoms with E-state index < -0.39 is 0 Å². The van der Waals surface area contributed by atoms with Crippen molar-refractivity contribution in [3.8, 4) is 0 Å². The molecule has 2 aliphatic rings. The Labute approximate surface area is 85.2 Å². The molecule has 0 spiro atoms. The second-order valence-electron chi connectivity index (χ2n) is 4.40. The number of carbonyl (C=O) groups is 1. The highest BCUT2D eigenvalue weighted by Gasteiger charge is 2.36. The minimum absolute atomic E-state index is 0.200. The molecule has 80 valence electrons. The zero-order chi connectivity index (χ0) is 10.1. The Kier molecular flexibility index (Phi) is 2.63. The van der Waals surface area contributed by atoms with Crippen molar-refractivity contribution in [1.29, 1.82) is 0 Å². The Morgan fingerprint density at radius 1 is 1.50 bits per heavy atom. The first-order chi connectivity index (χ1) is 6.70. The van der Waals surface area contributed by atoms with Crippen LogP contribution in [0.3, 0.4) is 0 Å². The van der Waals surface area contributed by atoms with Crippen LogP contribution in [0.1, 0.15) is 19.8 Å². The van der Waals surface area contributed by atoms with E-state index in [1.807, 2.05) is 16.8 Å². The number of likely N-dealkylation sites (N-methyl/N-ethyl adjacent to an activating group) is 1. The molecule has 2 aliphatic heterocycles. The Balaban J connectivity index is 2.00. The highest BCUT2D eigenvalue weighted by Crippen LogP contribution is 2.19. The van der Waals surface area contributed by atoms with E-state index >= 15 is 0 Å². The van der Waals surface area contributed by atoms with Gasteiger partial charge in [0.1, 0.15) is 0 Å². The van der Waals surface area contributed by atoms with Crippen molar-refractivity contribution in [3.63, 3.8) is 0 Å². The van der Waals surface area contributed by atoms with Crippen molar-refractivity contribution >= 4 is 6.03 Å². The van der Waals surface area contributed by atoms with E-state index in [1.165, 1.54) is 6.42 Å². The maximum atomic E-state index is 11.8. The predicted octanol–water partition coefficient (Wildman–Crippen LogP) is 0.494. The summed E-state index contributed by atoms with van der Waals surface area (Å²) in [7, 11) is 1.89. The highest BCUT2D eigenvalue weighted by molar-refractivity contribution is 5.77. The quantitative estimate of drug-likeness (QED) is 0.664. The van der Waals surface area contributed by atoms with Crippen LogP contribution in [0, 0.1) is 0 Å². The first-order valence-electron chi connectivity index (χ1n) is 5.44. The lowest BCUT2D eigenvalue weighted by Gasteiger charge is -2.30. The summed E-state index contributed by atoms with van der Waals surface area (Å²) in [6.45, 7) is 5.06. The third kappa shape index (κ3) is 1.59. The summed E-state index contributed by atoms with van der Waals surface area (Å²) in [5, 5.41) is 3.35. The average molecular weight is 197 g/mol. The molecule has 2 rings (SSSR count). The van der Waals surface area contributed by atoms with E-state index in [-0.39, 0.29) is 6.03 Å². The molecule has 2 amide bonds. The number of piperidine rings is 1. The van der Waals surface area contributed by atoms with Crippen LogP contribution in [0.15, 0.2) is 0 Å². The fourth-order valence-electron chi connectivity index (χ4n) is 2.28. The number of hydrogen-bond acceptors (Lipinski definition) is 2. The maximum Gasteiger partial charge on any atom is 0.320 e. The number of urea groups is 1. The highest BCUT2D eigenvalue weighted by atomic mass is 16.2. The van der Waals surface area contributed by atoms with E-state index in [0.29, 0.717) is 12.1 Å². The van der Waals surface area contributed by atoms with Crippen LogP contribution in [0.2, 0.25) is 0 Å². The SMILES string of the molecule is CC1CN(C2CCCNC2)C(=O)N1C. The fraction of sp³-hybridized carbons (Fsp3) is 0.900. The van der Waals surface area contributed by atoms with Crippen LogP contribution in [0.25, 0.3) is 0 Å². The molecule has 0 saturated carbocycles. The van der Waals surface area contributed by atoms with E-state index in [0.717, 1.165) is 26.1 Å². The molecule has 0 aromatic rings. The fourth-order valence-corrected chi connectivity index (χ4v) is 2.28. The van der Waals surface area contributed by atoms with Crippen LogP contribution >= 0.6 is 0 Å². The molecule has 0 aliphatic carbocycles. The molecule has 2 heterocycles. The maximum absolute atomic E-state index is 11.8. The van der Waals surface area contributed by atoms with E-state index in [9.17, 15) is 4.79 Å². The summed E-state index contributed by atoms with van der Waals surface area (Å²) in [4.78, 5) is 15.7. The number of amides is 2. The molecule has 4 heteroatoms. The van der Waals surface area contributed by atoms with Crippen molar-refractivity contribution in [3.05, 3.63) is 0 Å². The van der Waals surface area contributed by atoms with Gasteiger partial charge >= 0.3 is 6.03 Å². The van der Waals surface area contributed by atoms with Gasteiger partial charge in [0, 0.05) is 32.2 Å². The topological polar surface area (TPSA) is 35.6 Å². The zero-order valence-corrected chi connectivity index (χ0v) is 8.99. The summed E-state index contributed by atoms with van der Waals surface area (Å²) in [6, 6.07) is 0.985. The van der Waals surface area contributed by atoms with Crippen molar-refractivity contribution < 1.29 is 4.79 Å². The van der Waals surface area contributed by atoms with Gasteiger partial charge in [0.15, 0.2) is 0 Å². The predicted molar refractivity (Wildman–Crippen MR) is 55.2 cm³/mol. The summed E-state index contributed by atoms with van der Waals surface area (Å²) >= 11 is 0. The van der Waals surface area contributed by atoms with Gasteiger partial charge in [-0.25, -0.2) is 4.79 Å². The van der Waals surface area contributed by atoms with Crippen molar-refractivity contribution in [1.82, 2.24) is 15.1 Å². The minimum Gasteiger partial charge on any atom is -0.323 e. The summed E-state index contributed by atoms with van der Waals surface area (Å²) in [5.74, 6) is 0. The standard InChI is InChI=1S/C10H19N3O/c1-8-7-13(10(14)12(8)2)9-4-3-5-11-6-9/h8-9,11H,3-7H2,1-2H3. The third-order valence-corrected chi connectivity index (χ3v) is 3.38.